The number of amides is 5. The molecular weight excluding hydrogens is 955 g/mol. The molecule has 1 saturated carbocycles. The minimum absolute atomic E-state index is 0.0145. The zero-order chi connectivity index (χ0) is 53.5. The fourth-order valence-corrected chi connectivity index (χ4v) is 10.3. The average molecular weight is 1030 g/mol. The predicted molar refractivity (Wildman–Crippen MR) is 290 cm³/mol. The Bertz CT molecular complexity index is 2970. The highest BCUT2D eigenvalue weighted by Gasteiger charge is 2.41. The number of hydrogen-bond donors (Lipinski definition) is 4. The SMILES string of the molecule is CCC1C(=O)N(C)c2cnc(Nc3ccc(C(=O)NCCCCN(C)C/C=C/C(=O)N4CCC[C@@H](n5nc(C(=O)Nc6ccc(CC(=O)N(C)C)c(C)c6C)c6c(N)ncnc65)C4)cc3OC)nc2N1C1CCCC1. The largest absolute Gasteiger partial charge is 0.495 e. The van der Waals surface area contributed by atoms with Gasteiger partial charge >= 0.3 is 0 Å². The quantitative estimate of drug-likeness (QED) is 0.0563. The highest BCUT2D eigenvalue weighted by Crippen LogP contribution is 2.41. The van der Waals surface area contributed by atoms with Gasteiger partial charge < -0.3 is 50.9 Å². The molecule has 3 aliphatic rings. The molecule has 398 valence electrons. The van der Waals surface area contributed by atoms with Crippen molar-refractivity contribution in [1.29, 1.82) is 0 Å². The molecule has 3 aromatic heterocycles. The minimum Gasteiger partial charge on any atom is -0.495 e. The summed E-state index contributed by atoms with van der Waals surface area (Å²) < 4.78 is 7.39. The van der Waals surface area contributed by atoms with Crippen molar-refractivity contribution in [1.82, 2.24) is 49.7 Å². The van der Waals surface area contributed by atoms with Gasteiger partial charge in [0.15, 0.2) is 17.2 Å². The Morgan fingerprint density at radius 3 is 2.44 bits per heavy atom. The van der Waals surface area contributed by atoms with Crippen LogP contribution in [0.1, 0.15) is 108 Å². The van der Waals surface area contributed by atoms with Gasteiger partial charge in [-0.2, -0.15) is 10.1 Å². The van der Waals surface area contributed by atoms with E-state index in [1.54, 1.807) is 84.2 Å². The summed E-state index contributed by atoms with van der Waals surface area (Å²) in [4.78, 5) is 93.9. The maximum atomic E-state index is 13.9. The van der Waals surface area contributed by atoms with Crippen LogP contribution in [0.2, 0.25) is 0 Å². The number of unbranched alkanes of at least 4 members (excludes halogenated alkanes) is 1. The number of hydrogen-bond acceptors (Lipinski definition) is 15. The number of aromatic nitrogens is 6. The Morgan fingerprint density at radius 2 is 1.69 bits per heavy atom. The standard InChI is InChI=1S/C54H71N15O6/c1-9-41-53(74)66(7)42-30-57-54(62-49(42)68(41)37-16-10-11-17-37)61-40-23-21-36(28-43(40)75-8)51(72)56-24-12-13-25-65(6)26-15-19-44(70)67-27-14-18-38(31-67)69-50-46(48(55)58-32-59-50)47(63-69)52(73)60-39-22-20-35(33(2)34(39)3)29-45(71)64(4)5/h15,19-23,28,30,32,37-38,41H,9-14,16-18,24-27,29,31H2,1-8H3,(H,56,72)(H,60,73)(H2,55,58,59)(H,57,61,62)/b19-15+/t38-,41?/m1/s1. The monoisotopic (exact) mass is 1030 g/mol. The van der Waals surface area contributed by atoms with Crippen LogP contribution < -0.4 is 36.2 Å². The van der Waals surface area contributed by atoms with Crippen molar-refractivity contribution in [3.05, 3.63) is 83.0 Å². The number of ether oxygens (including phenoxy) is 1. The molecule has 2 aliphatic heterocycles. The van der Waals surface area contributed by atoms with Gasteiger partial charge in [-0.15, -0.1) is 0 Å². The van der Waals surface area contributed by atoms with Crippen LogP contribution in [0.4, 0.5) is 34.6 Å². The fraction of sp³-hybridized carbons (Fsp3) is 0.481. The summed E-state index contributed by atoms with van der Waals surface area (Å²) in [5.41, 5.74) is 11.8. The first kappa shape index (κ1) is 53.6. The van der Waals surface area contributed by atoms with Gasteiger partial charge in [0, 0.05) is 70.7 Å². The minimum atomic E-state index is -0.471. The topological polar surface area (TPSA) is 242 Å². The second-order valence-electron chi connectivity index (χ2n) is 20.0. The molecule has 21 nitrogen and oxygen atoms in total. The molecule has 2 atom stereocenters. The van der Waals surface area contributed by atoms with E-state index in [1.807, 2.05) is 40.0 Å². The molecule has 5 heterocycles. The molecule has 75 heavy (non-hydrogen) atoms. The molecule has 0 radical (unpaired) electrons. The maximum absolute atomic E-state index is 13.9. The lowest BCUT2D eigenvalue weighted by Gasteiger charge is -2.43. The van der Waals surface area contributed by atoms with E-state index in [1.165, 1.54) is 6.33 Å². The molecule has 2 aromatic carbocycles. The number of nitrogens with one attached hydrogen (secondary N) is 3. The van der Waals surface area contributed by atoms with Crippen molar-refractivity contribution in [3.8, 4) is 5.75 Å². The summed E-state index contributed by atoms with van der Waals surface area (Å²) in [6, 6.07) is 8.56. The Labute approximate surface area is 438 Å². The Kier molecular flexibility index (Phi) is 16.9. The van der Waals surface area contributed by atoms with Gasteiger partial charge in [0.2, 0.25) is 23.7 Å². The van der Waals surface area contributed by atoms with E-state index in [2.05, 4.69) is 40.7 Å². The van der Waals surface area contributed by atoms with Crippen LogP contribution >= 0.6 is 0 Å². The average Bonchev–Trinajstić information content (AvgIpc) is 4.09. The zero-order valence-corrected chi connectivity index (χ0v) is 44.5. The number of likely N-dealkylation sites (tertiary alicyclic amines) is 1. The van der Waals surface area contributed by atoms with Crippen LogP contribution in [0, 0.1) is 13.8 Å². The predicted octanol–water partition coefficient (Wildman–Crippen LogP) is 5.82. The highest BCUT2D eigenvalue weighted by molar-refractivity contribution is 6.13. The van der Waals surface area contributed by atoms with E-state index in [0.29, 0.717) is 78.0 Å². The van der Waals surface area contributed by atoms with Gasteiger partial charge in [0.1, 0.15) is 29.6 Å². The molecule has 1 saturated heterocycles. The van der Waals surface area contributed by atoms with Gasteiger partial charge in [-0.25, -0.2) is 19.6 Å². The summed E-state index contributed by atoms with van der Waals surface area (Å²) in [6.07, 6.45) is 14.8. The Morgan fingerprint density at radius 1 is 0.933 bits per heavy atom. The third kappa shape index (κ3) is 11.8. The molecule has 8 rings (SSSR count). The number of carbonyl (C=O) groups excluding carboxylic acids is 5. The molecular formula is C54H71N15O6. The molecule has 5 N–H and O–H groups in total. The highest BCUT2D eigenvalue weighted by atomic mass is 16.5. The van der Waals surface area contributed by atoms with Crippen molar-refractivity contribution >= 4 is 75.2 Å². The lowest BCUT2D eigenvalue weighted by molar-refractivity contribution is -0.128. The van der Waals surface area contributed by atoms with Crippen LogP contribution in [-0.4, -0.2) is 154 Å². The van der Waals surface area contributed by atoms with E-state index in [0.717, 1.165) is 80.4 Å². The van der Waals surface area contributed by atoms with Gasteiger partial charge in [0.25, 0.3) is 11.8 Å². The molecule has 1 unspecified atom stereocenters. The molecule has 5 aromatic rings. The maximum Gasteiger partial charge on any atom is 0.277 e. The van der Waals surface area contributed by atoms with Crippen LogP contribution in [0.25, 0.3) is 11.0 Å². The first-order chi connectivity index (χ1) is 36.1. The number of nitrogens with zero attached hydrogens (tertiary/aromatic N) is 11. The summed E-state index contributed by atoms with van der Waals surface area (Å²) in [6.45, 7) is 8.64. The number of methoxy groups -OCH3 is 1. The van der Waals surface area contributed by atoms with E-state index in [4.69, 9.17) is 20.6 Å². The first-order valence-electron chi connectivity index (χ1n) is 26.0. The third-order valence-corrected chi connectivity index (χ3v) is 14.8. The summed E-state index contributed by atoms with van der Waals surface area (Å²) in [5, 5.41) is 14.4. The number of rotatable bonds is 19. The van der Waals surface area contributed by atoms with Crippen molar-refractivity contribution < 1.29 is 28.7 Å². The summed E-state index contributed by atoms with van der Waals surface area (Å²) >= 11 is 0. The second kappa shape index (κ2) is 23.7. The van der Waals surface area contributed by atoms with Crippen molar-refractivity contribution in [2.45, 2.75) is 103 Å². The van der Waals surface area contributed by atoms with E-state index < -0.39 is 5.91 Å². The smallest absolute Gasteiger partial charge is 0.277 e. The van der Waals surface area contributed by atoms with Crippen LogP contribution in [-0.2, 0) is 20.8 Å². The van der Waals surface area contributed by atoms with Crippen LogP contribution in [0.3, 0.4) is 0 Å². The lowest BCUT2D eigenvalue weighted by atomic mass is 9.98. The first-order valence-corrected chi connectivity index (χ1v) is 26.0. The Hall–Kier alpha value is -7.68. The van der Waals surface area contributed by atoms with Crippen molar-refractivity contribution in [2.75, 3.05) is 94.2 Å². The number of carbonyl (C=O) groups is 5. The lowest BCUT2D eigenvalue weighted by Crippen LogP contribution is -2.55. The van der Waals surface area contributed by atoms with E-state index in [-0.39, 0.29) is 59.7 Å². The number of likely N-dealkylation sites (N-methyl/N-ethyl adjacent to an activating group) is 3. The van der Waals surface area contributed by atoms with Crippen molar-refractivity contribution in [2.24, 2.45) is 0 Å². The van der Waals surface area contributed by atoms with Crippen molar-refractivity contribution in [3.63, 3.8) is 0 Å². The number of nitrogens with two attached hydrogens (primary N) is 1. The summed E-state index contributed by atoms with van der Waals surface area (Å²) in [7, 11) is 8.76. The van der Waals surface area contributed by atoms with E-state index >= 15 is 0 Å². The van der Waals surface area contributed by atoms with Gasteiger partial charge in [0.05, 0.1) is 36.8 Å². The van der Waals surface area contributed by atoms with Crippen LogP contribution in [0.5, 0.6) is 5.75 Å². The number of benzene rings is 2. The number of anilines is 6. The zero-order valence-electron chi connectivity index (χ0n) is 44.5. The summed E-state index contributed by atoms with van der Waals surface area (Å²) in [5.74, 6) is 0.955. The number of nitrogen functional groups attached to an aromatic ring is 1. The number of piperidine rings is 1. The van der Waals surface area contributed by atoms with E-state index in [9.17, 15) is 24.0 Å². The third-order valence-electron chi connectivity index (χ3n) is 14.8. The number of fused-ring (bicyclic) bond motifs is 2. The van der Waals surface area contributed by atoms with Crippen LogP contribution in [0.15, 0.2) is 55.0 Å². The molecule has 0 bridgehead atoms. The van der Waals surface area contributed by atoms with Gasteiger partial charge in [-0.1, -0.05) is 31.9 Å². The second-order valence-corrected chi connectivity index (χ2v) is 20.0. The molecule has 1 aliphatic carbocycles. The van der Waals surface area contributed by atoms with Gasteiger partial charge in [-0.05, 0) is 113 Å². The fourth-order valence-electron chi connectivity index (χ4n) is 10.3. The normalized spacial score (nSPS) is 17.0. The molecule has 5 amide bonds. The Balaban J connectivity index is 0.799. The van der Waals surface area contributed by atoms with Gasteiger partial charge in [-0.3, -0.25) is 24.0 Å². The molecule has 21 heteroatoms. The molecule has 2 fully saturated rings. The molecule has 0 spiro atoms.